The second-order valence-corrected chi connectivity index (χ2v) is 9.79. The van der Waals surface area contributed by atoms with Crippen LogP contribution in [0.15, 0.2) is 59.5 Å². The van der Waals surface area contributed by atoms with Crippen molar-refractivity contribution in [2.24, 2.45) is 0 Å². The molecule has 0 heterocycles. The van der Waals surface area contributed by atoms with E-state index in [0.717, 1.165) is 54.4 Å². The van der Waals surface area contributed by atoms with Crippen LogP contribution in [0.3, 0.4) is 0 Å². The summed E-state index contributed by atoms with van der Waals surface area (Å²) >= 11 is 3.34. The van der Waals surface area contributed by atoms with Crippen molar-refractivity contribution in [3.8, 4) is 16.9 Å². The van der Waals surface area contributed by atoms with E-state index >= 15 is 0 Å². The number of halogens is 1. The number of aryl methyl sites for hydroxylation is 3. The Labute approximate surface area is 175 Å². The lowest BCUT2D eigenvalue weighted by Crippen LogP contribution is -1.99. The molecule has 0 aliphatic rings. The first kappa shape index (κ1) is 19.2. The fraction of sp³-hybridized carbons (Fsp3) is 0.167. The molecule has 0 spiro atoms. The number of rotatable bonds is 3. The standard InChI is InChI=1S/C24H21BrO2S/c1-14-9-10-20-18(11-14)12-15(2)23(27-4)21(20)22-19-8-6-5-7-17(19)13-16(3)24(22)28(25)26/h5-13H,1-4H3. The van der Waals surface area contributed by atoms with Gasteiger partial charge < -0.3 is 4.74 Å². The second kappa shape index (κ2) is 7.34. The minimum absolute atomic E-state index is 0.796. The Balaban J connectivity index is 2.30. The largest absolute Gasteiger partial charge is 0.496 e. The van der Waals surface area contributed by atoms with Gasteiger partial charge in [0.2, 0.25) is 0 Å². The van der Waals surface area contributed by atoms with Gasteiger partial charge in [-0.15, -0.1) is 0 Å². The highest BCUT2D eigenvalue weighted by molar-refractivity contribution is 9.46. The van der Waals surface area contributed by atoms with Crippen molar-refractivity contribution in [2.45, 2.75) is 25.7 Å². The van der Waals surface area contributed by atoms with Crippen molar-refractivity contribution in [3.05, 3.63) is 71.3 Å². The average Bonchev–Trinajstić information content (AvgIpc) is 2.65. The number of ether oxygens (including phenoxy) is 1. The van der Waals surface area contributed by atoms with E-state index in [4.69, 9.17) is 4.74 Å². The Bertz CT molecular complexity index is 1260. The van der Waals surface area contributed by atoms with Crippen LogP contribution in [0.4, 0.5) is 0 Å². The van der Waals surface area contributed by atoms with Crippen molar-refractivity contribution in [1.29, 1.82) is 0 Å². The summed E-state index contributed by atoms with van der Waals surface area (Å²) in [6, 6.07) is 18.9. The molecule has 0 aliphatic carbocycles. The lowest BCUT2D eigenvalue weighted by Gasteiger charge is -2.20. The van der Waals surface area contributed by atoms with E-state index in [9.17, 15) is 4.21 Å². The number of hydrogen-bond donors (Lipinski definition) is 0. The molecule has 0 aromatic heterocycles. The van der Waals surface area contributed by atoms with Gasteiger partial charge in [0, 0.05) is 25.9 Å². The van der Waals surface area contributed by atoms with Crippen LogP contribution < -0.4 is 4.74 Å². The minimum Gasteiger partial charge on any atom is -0.496 e. The summed E-state index contributed by atoms with van der Waals surface area (Å²) in [5.41, 5.74) is 5.24. The fourth-order valence-corrected chi connectivity index (χ4v) is 6.02. The summed E-state index contributed by atoms with van der Waals surface area (Å²) in [6.07, 6.45) is 0. The molecule has 28 heavy (non-hydrogen) atoms. The van der Waals surface area contributed by atoms with Crippen LogP contribution in [-0.4, -0.2) is 11.3 Å². The van der Waals surface area contributed by atoms with E-state index in [1.807, 2.05) is 19.1 Å². The first-order chi connectivity index (χ1) is 13.4. The third kappa shape index (κ3) is 3.05. The third-order valence-electron chi connectivity index (χ3n) is 5.24. The van der Waals surface area contributed by atoms with Gasteiger partial charge in [-0.1, -0.05) is 54.1 Å². The van der Waals surface area contributed by atoms with Crippen LogP contribution in [0, 0.1) is 20.8 Å². The molecule has 0 bridgehead atoms. The number of hydrogen-bond acceptors (Lipinski definition) is 2. The minimum atomic E-state index is -1.32. The van der Waals surface area contributed by atoms with Crippen molar-refractivity contribution in [3.63, 3.8) is 0 Å². The predicted molar refractivity (Wildman–Crippen MR) is 123 cm³/mol. The zero-order valence-corrected chi connectivity index (χ0v) is 18.7. The van der Waals surface area contributed by atoms with E-state index in [-0.39, 0.29) is 0 Å². The van der Waals surface area contributed by atoms with Crippen molar-refractivity contribution >= 4 is 45.6 Å². The molecule has 4 aromatic rings. The number of fused-ring (bicyclic) bond motifs is 2. The van der Waals surface area contributed by atoms with Crippen LogP contribution in [0.5, 0.6) is 5.75 Å². The fourth-order valence-electron chi connectivity index (χ4n) is 4.08. The maximum Gasteiger partial charge on any atom is 0.130 e. The van der Waals surface area contributed by atoms with E-state index < -0.39 is 9.23 Å². The van der Waals surface area contributed by atoms with Gasteiger partial charge >= 0.3 is 0 Å². The molecule has 0 amide bonds. The maximum atomic E-state index is 12.8. The van der Waals surface area contributed by atoms with E-state index in [1.54, 1.807) is 7.11 Å². The predicted octanol–water partition coefficient (Wildman–Crippen LogP) is 7.01. The zero-order valence-electron chi connectivity index (χ0n) is 16.3. The molecule has 4 rings (SSSR count). The van der Waals surface area contributed by atoms with Gasteiger partial charge in [-0.25, -0.2) is 4.21 Å². The van der Waals surface area contributed by atoms with Gasteiger partial charge in [0.1, 0.15) is 15.0 Å². The van der Waals surface area contributed by atoms with Gasteiger partial charge in [0.05, 0.1) is 12.0 Å². The van der Waals surface area contributed by atoms with Crippen LogP contribution in [0.1, 0.15) is 16.7 Å². The molecular formula is C24H21BrO2S. The molecule has 0 saturated carbocycles. The molecule has 4 aromatic carbocycles. The summed E-state index contributed by atoms with van der Waals surface area (Å²) in [7, 11) is 0.387. The smallest absolute Gasteiger partial charge is 0.130 e. The summed E-state index contributed by atoms with van der Waals surface area (Å²) in [5.74, 6) is 0.825. The number of benzene rings is 4. The van der Waals surface area contributed by atoms with Crippen LogP contribution in [0.2, 0.25) is 0 Å². The Morgan fingerprint density at radius 1 is 0.821 bits per heavy atom. The Morgan fingerprint density at radius 3 is 2.21 bits per heavy atom. The molecule has 4 heteroatoms. The molecular weight excluding hydrogens is 432 g/mol. The van der Waals surface area contributed by atoms with Crippen molar-refractivity contribution < 1.29 is 8.95 Å². The zero-order chi connectivity index (χ0) is 20.0. The Morgan fingerprint density at radius 2 is 1.50 bits per heavy atom. The molecule has 1 atom stereocenters. The summed E-state index contributed by atoms with van der Waals surface area (Å²) in [4.78, 5) is 0.796. The molecule has 0 radical (unpaired) electrons. The molecule has 2 nitrogen and oxygen atoms in total. The Kier molecular flexibility index (Phi) is 5.02. The molecule has 0 aliphatic heterocycles. The SMILES string of the molecule is COc1c(C)cc2cc(C)ccc2c1-c1c(S(=O)Br)c(C)cc2ccccc12. The molecule has 0 fully saturated rings. The van der Waals surface area contributed by atoms with E-state index in [0.29, 0.717) is 0 Å². The first-order valence-electron chi connectivity index (χ1n) is 9.11. The van der Waals surface area contributed by atoms with Crippen LogP contribution in [0.25, 0.3) is 32.7 Å². The highest BCUT2D eigenvalue weighted by Crippen LogP contribution is 2.46. The summed E-state index contributed by atoms with van der Waals surface area (Å²) in [6.45, 7) is 6.17. The normalized spacial score (nSPS) is 12.5. The van der Waals surface area contributed by atoms with E-state index in [1.165, 1.54) is 5.56 Å². The summed E-state index contributed by atoms with van der Waals surface area (Å²) in [5, 5.41) is 4.45. The quantitative estimate of drug-likeness (QED) is 0.312. The molecule has 142 valence electrons. The third-order valence-corrected chi connectivity index (χ3v) is 7.05. The molecule has 0 N–H and O–H groups in total. The van der Waals surface area contributed by atoms with Gasteiger partial charge in [0.15, 0.2) is 0 Å². The van der Waals surface area contributed by atoms with Gasteiger partial charge in [-0.3, -0.25) is 0 Å². The lowest BCUT2D eigenvalue weighted by atomic mass is 9.89. The lowest BCUT2D eigenvalue weighted by molar-refractivity contribution is 0.414. The maximum absolute atomic E-state index is 12.8. The Hall–Kier alpha value is -2.17. The topological polar surface area (TPSA) is 26.3 Å². The van der Waals surface area contributed by atoms with Gasteiger partial charge in [-0.2, -0.15) is 0 Å². The summed E-state index contributed by atoms with van der Waals surface area (Å²) < 4.78 is 18.6. The highest BCUT2D eigenvalue weighted by atomic mass is 79.9. The molecule has 1 unspecified atom stereocenters. The number of methoxy groups -OCH3 is 1. The monoisotopic (exact) mass is 452 g/mol. The van der Waals surface area contributed by atoms with Crippen molar-refractivity contribution in [1.82, 2.24) is 0 Å². The highest BCUT2D eigenvalue weighted by Gasteiger charge is 2.23. The average molecular weight is 453 g/mol. The van der Waals surface area contributed by atoms with Gasteiger partial charge in [-0.05, 0) is 59.5 Å². The first-order valence-corrected chi connectivity index (χ1v) is 12.1. The van der Waals surface area contributed by atoms with Crippen LogP contribution >= 0.6 is 14.8 Å². The van der Waals surface area contributed by atoms with Crippen LogP contribution in [-0.2, 0) is 9.23 Å². The van der Waals surface area contributed by atoms with Crippen molar-refractivity contribution in [2.75, 3.05) is 7.11 Å². The second-order valence-electron chi connectivity index (χ2n) is 7.17. The van der Waals surface area contributed by atoms with Gasteiger partial charge in [0.25, 0.3) is 0 Å². The molecule has 0 saturated heterocycles. The van der Waals surface area contributed by atoms with E-state index in [2.05, 4.69) is 71.1 Å².